The van der Waals surface area contributed by atoms with Gasteiger partial charge in [0.25, 0.3) is 0 Å². The minimum atomic E-state index is -4.75. The van der Waals surface area contributed by atoms with Crippen LogP contribution in [0.15, 0.2) is 18.2 Å². The molecule has 0 amide bonds. The summed E-state index contributed by atoms with van der Waals surface area (Å²) in [7, 11) is 0. The van der Waals surface area contributed by atoms with Gasteiger partial charge in [0, 0.05) is 0 Å². The number of nitrogen functional groups attached to an aromatic ring is 1. The molecular formula is C9H10F3NO2. The molecule has 1 rings (SSSR count). The van der Waals surface area contributed by atoms with E-state index in [0.29, 0.717) is 0 Å². The molecule has 2 N–H and O–H groups in total. The molecule has 0 radical (unpaired) electrons. The van der Waals surface area contributed by atoms with Crippen LogP contribution in [0.2, 0.25) is 0 Å². The summed E-state index contributed by atoms with van der Waals surface area (Å²) in [5.74, 6) is -0.512. The molecule has 84 valence electrons. The molecule has 0 aliphatic carbocycles. The van der Waals surface area contributed by atoms with E-state index < -0.39 is 12.1 Å². The zero-order chi connectivity index (χ0) is 11.5. The van der Waals surface area contributed by atoms with Gasteiger partial charge in [-0.05, 0) is 19.1 Å². The fourth-order valence-electron chi connectivity index (χ4n) is 1.04. The number of nitrogens with two attached hydrogens (primary N) is 1. The van der Waals surface area contributed by atoms with E-state index in [1.165, 1.54) is 12.1 Å². The molecular weight excluding hydrogens is 211 g/mol. The summed E-state index contributed by atoms with van der Waals surface area (Å²) in [6.45, 7) is 1.85. The van der Waals surface area contributed by atoms with Crippen LogP contribution in [0.5, 0.6) is 11.5 Å². The molecule has 0 unspecified atom stereocenters. The first-order valence-corrected chi connectivity index (χ1v) is 4.21. The first-order valence-electron chi connectivity index (χ1n) is 4.21. The molecule has 0 saturated carbocycles. The highest BCUT2D eigenvalue weighted by Crippen LogP contribution is 2.36. The van der Waals surface area contributed by atoms with Crippen LogP contribution in [-0.2, 0) is 0 Å². The Morgan fingerprint density at radius 3 is 2.53 bits per heavy atom. The summed E-state index contributed by atoms with van der Waals surface area (Å²) < 4.78 is 44.6. The maximum Gasteiger partial charge on any atom is 0.573 e. The zero-order valence-electron chi connectivity index (χ0n) is 7.97. The van der Waals surface area contributed by atoms with Gasteiger partial charge in [-0.3, -0.25) is 0 Å². The quantitative estimate of drug-likeness (QED) is 0.798. The minimum absolute atomic E-state index is 0.0858. The Morgan fingerprint density at radius 1 is 1.33 bits per heavy atom. The Morgan fingerprint density at radius 2 is 2.00 bits per heavy atom. The number of benzene rings is 1. The molecule has 6 heteroatoms. The molecule has 0 heterocycles. The van der Waals surface area contributed by atoms with Crippen molar-refractivity contribution in [2.24, 2.45) is 0 Å². The van der Waals surface area contributed by atoms with Gasteiger partial charge in [-0.2, -0.15) is 0 Å². The van der Waals surface area contributed by atoms with Gasteiger partial charge in [-0.15, -0.1) is 13.2 Å². The van der Waals surface area contributed by atoms with Crippen LogP contribution in [-0.4, -0.2) is 13.0 Å². The smallest absolute Gasteiger partial charge is 0.488 e. The molecule has 0 bridgehead atoms. The Labute approximate surface area is 84.6 Å². The number of hydrogen-bond acceptors (Lipinski definition) is 3. The van der Waals surface area contributed by atoms with E-state index in [2.05, 4.69) is 4.74 Å². The summed E-state index contributed by atoms with van der Waals surface area (Å²) in [5.41, 5.74) is 5.56. The molecule has 1 aromatic rings. The van der Waals surface area contributed by atoms with Crippen molar-refractivity contribution in [2.45, 2.75) is 13.3 Å². The van der Waals surface area contributed by atoms with Crippen molar-refractivity contribution in [2.75, 3.05) is 12.3 Å². The molecule has 15 heavy (non-hydrogen) atoms. The van der Waals surface area contributed by atoms with E-state index in [1.54, 1.807) is 6.92 Å². The molecule has 0 aromatic heterocycles. The van der Waals surface area contributed by atoms with E-state index in [1.807, 2.05) is 0 Å². The molecule has 0 saturated heterocycles. The van der Waals surface area contributed by atoms with Crippen LogP contribution in [0, 0.1) is 0 Å². The van der Waals surface area contributed by atoms with Gasteiger partial charge >= 0.3 is 6.36 Å². The second-order valence-electron chi connectivity index (χ2n) is 2.66. The Hall–Kier alpha value is -1.59. The first kappa shape index (κ1) is 11.5. The fraction of sp³-hybridized carbons (Fsp3) is 0.333. The van der Waals surface area contributed by atoms with Gasteiger partial charge in [0.2, 0.25) is 0 Å². The highest BCUT2D eigenvalue weighted by molar-refractivity contribution is 5.60. The molecule has 1 aromatic carbocycles. The number of ether oxygens (including phenoxy) is 2. The van der Waals surface area contributed by atoms with Gasteiger partial charge < -0.3 is 15.2 Å². The fourth-order valence-corrected chi connectivity index (χ4v) is 1.04. The van der Waals surface area contributed by atoms with Crippen LogP contribution in [0.25, 0.3) is 0 Å². The van der Waals surface area contributed by atoms with E-state index in [4.69, 9.17) is 10.5 Å². The van der Waals surface area contributed by atoms with E-state index in [-0.39, 0.29) is 18.0 Å². The first-order chi connectivity index (χ1) is 6.94. The van der Waals surface area contributed by atoms with Crippen LogP contribution < -0.4 is 15.2 Å². The summed E-state index contributed by atoms with van der Waals surface area (Å²) in [5, 5.41) is 0. The normalized spacial score (nSPS) is 11.2. The maximum absolute atomic E-state index is 12.0. The predicted octanol–water partition coefficient (Wildman–Crippen LogP) is 2.57. The van der Waals surface area contributed by atoms with E-state index >= 15 is 0 Å². The van der Waals surface area contributed by atoms with Crippen molar-refractivity contribution in [1.82, 2.24) is 0 Å². The van der Waals surface area contributed by atoms with Gasteiger partial charge in [-0.1, -0.05) is 6.07 Å². The van der Waals surface area contributed by atoms with E-state index in [0.717, 1.165) is 6.07 Å². The number of alkyl halides is 3. The lowest BCUT2D eigenvalue weighted by Crippen LogP contribution is -2.18. The number of rotatable bonds is 3. The van der Waals surface area contributed by atoms with Crippen LogP contribution in [0.1, 0.15) is 6.92 Å². The van der Waals surface area contributed by atoms with E-state index in [9.17, 15) is 13.2 Å². The number of hydrogen-bond donors (Lipinski definition) is 1. The molecule has 0 aliphatic heterocycles. The lowest BCUT2D eigenvalue weighted by molar-refractivity contribution is -0.275. The van der Waals surface area contributed by atoms with Gasteiger partial charge in [0.05, 0.1) is 12.3 Å². The summed E-state index contributed by atoms with van der Waals surface area (Å²) >= 11 is 0. The predicted molar refractivity (Wildman–Crippen MR) is 48.7 cm³/mol. The van der Waals surface area contributed by atoms with Crippen molar-refractivity contribution in [3.05, 3.63) is 18.2 Å². The van der Waals surface area contributed by atoms with Crippen molar-refractivity contribution >= 4 is 5.69 Å². The van der Waals surface area contributed by atoms with Crippen molar-refractivity contribution < 1.29 is 22.6 Å². The zero-order valence-corrected chi connectivity index (χ0v) is 7.97. The third-order valence-corrected chi connectivity index (χ3v) is 1.52. The summed E-state index contributed by atoms with van der Waals surface area (Å²) in [6.07, 6.45) is -4.75. The highest BCUT2D eigenvalue weighted by atomic mass is 19.4. The standard InChI is InChI=1S/C9H10F3NO2/c1-2-14-8-6(13)4-3-5-7(8)15-9(10,11)12/h3-5H,2,13H2,1H3. The SMILES string of the molecule is CCOc1c(N)cccc1OC(F)(F)F. The molecule has 0 spiro atoms. The average molecular weight is 221 g/mol. The van der Waals surface area contributed by atoms with Gasteiger partial charge in [0.1, 0.15) is 0 Å². The second-order valence-corrected chi connectivity index (χ2v) is 2.66. The number of halogens is 3. The number of anilines is 1. The van der Waals surface area contributed by atoms with Crippen molar-refractivity contribution in [1.29, 1.82) is 0 Å². The van der Waals surface area contributed by atoms with Gasteiger partial charge in [0.15, 0.2) is 11.5 Å². The molecule has 0 aliphatic rings. The summed E-state index contributed by atoms with van der Waals surface area (Å²) in [6, 6.07) is 3.95. The second kappa shape index (κ2) is 4.29. The average Bonchev–Trinajstić information content (AvgIpc) is 2.08. The Kier molecular flexibility index (Phi) is 3.28. The molecule has 0 atom stereocenters. The van der Waals surface area contributed by atoms with Crippen LogP contribution in [0.3, 0.4) is 0 Å². The van der Waals surface area contributed by atoms with Crippen molar-refractivity contribution in [3.63, 3.8) is 0 Å². The monoisotopic (exact) mass is 221 g/mol. The largest absolute Gasteiger partial charge is 0.573 e. The van der Waals surface area contributed by atoms with Crippen LogP contribution in [0.4, 0.5) is 18.9 Å². The lowest BCUT2D eigenvalue weighted by Gasteiger charge is -2.14. The topological polar surface area (TPSA) is 44.5 Å². The van der Waals surface area contributed by atoms with Crippen LogP contribution >= 0.6 is 0 Å². The maximum atomic E-state index is 12.0. The highest BCUT2D eigenvalue weighted by Gasteiger charge is 2.32. The lowest BCUT2D eigenvalue weighted by atomic mass is 10.3. The summed E-state index contributed by atoms with van der Waals surface area (Å²) in [4.78, 5) is 0. The van der Waals surface area contributed by atoms with Gasteiger partial charge in [-0.25, -0.2) is 0 Å². The van der Waals surface area contributed by atoms with Crippen molar-refractivity contribution in [3.8, 4) is 11.5 Å². The number of para-hydroxylation sites is 1. The molecule has 3 nitrogen and oxygen atoms in total. The Bertz CT molecular complexity index is 339. The third-order valence-electron chi connectivity index (χ3n) is 1.52. The Balaban J connectivity index is 3.00. The molecule has 0 fully saturated rings. The minimum Gasteiger partial charge on any atom is -0.488 e. The third kappa shape index (κ3) is 3.23.